The van der Waals surface area contributed by atoms with Crippen molar-refractivity contribution in [1.82, 2.24) is 15.1 Å². The fourth-order valence-corrected chi connectivity index (χ4v) is 8.63. The first-order chi connectivity index (χ1) is 17.7. The number of hydrogen-bond donors (Lipinski definition) is 1. The van der Waals surface area contributed by atoms with E-state index in [9.17, 15) is 14.4 Å². The van der Waals surface area contributed by atoms with Crippen LogP contribution in [0.1, 0.15) is 78.6 Å². The molecule has 2 saturated carbocycles. The Kier molecular flexibility index (Phi) is 8.17. The predicted octanol–water partition coefficient (Wildman–Crippen LogP) is 3.71. The van der Waals surface area contributed by atoms with Gasteiger partial charge in [0.15, 0.2) is 0 Å². The molecular formula is C29H47N3O4S. The van der Waals surface area contributed by atoms with Crippen LogP contribution in [0, 0.1) is 28.6 Å². The Morgan fingerprint density at radius 1 is 0.973 bits per heavy atom. The maximum absolute atomic E-state index is 13.7. The minimum Gasteiger partial charge on any atom is -0.376 e. The van der Waals surface area contributed by atoms with Crippen LogP contribution in [0.25, 0.3) is 0 Å². The zero-order valence-electron chi connectivity index (χ0n) is 23.1. The lowest BCUT2D eigenvalue weighted by atomic mass is 9.71. The number of carbonyl (C=O) groups excluding carboxylic acids is 3. The van der Waals surface area contributed by atoms with Gasteiger partial charge in [-0.2, -0.15) is 11.8 Å². The molecule has 1 spiro atoms. The third-order valence-corrected chi connectivity index (χ3v) is 11.2. The van der Waals surface area contributed by atoms with Crippen LogP contribution in [0.3, 0.4) is 0 Å². The molecule has 3 amide bonds. The Balaban J connectivity index is 1.22. The molecule has 0 radical (unpaired) electrons. The molecule has 5 fully saturated rings. The highest BCUT2D eigenvalue weighted by molar-refractivity contribution is 7.99. The first-order valence-corrected chi connectivity index (χ1v) is 15.9. The third-order valence-electron chi connectivity index (χ3n) is 9.88. The van der Waals surface area contributed by atoms with E-state index >= 15 is 0 Å². The maximum atomic E-state index is 13.7. The van der Waals surface area contributed by atoms with Crippen LogP contribution in [0.5, 0.6) is 0 Å². The first kappa shape index (κ1) is 27.3. The summed E-state index contributed by atoms with van der Waals surface area (Å²) in [5.41, 5.74) is -0.0365. The van der Waals surface area contributed by atoms with Gasteiger partial charge in [-0.25, -0.2) is 0 Å². The zero-order valence-corrected chi connectivity index (χ0v) is 24.0. The number of amides is 3. The monoisotopic (exact) mass is 533 g/mol. The predicted molar refractivity (Wildman–Crippen MR) is 146 cm³/mol. The molecule has 1 unspecified atom stereocenters. The molecule has 4 atom stereocenters. The van der Waals surface area contributed by atoms with Crippen LogP contribution < -0.4 is 5.32 Å². The quantitative estimate of drug-likeness (QED) is 0.515. The van der Waals surface area contributed by atoms with Gasteiger partial charge in [-0.05, 0) is 56.8 Å². The van der Waals surface area contributed by atoms with Gasteiger partial charge in [0, 0.05) is 55.6 Å². The van der Waals surface area contributed by atoms with E-state index in [1.54, 1.807) is 11.8 Å². The Hall–Kier alpha value is -1.28. The van der Waals surface area contributed by atoms with E-state index in [4.69, 9.17) is 4.74 Å². The second kappa shape index (κ2) is 11.1. The molecule has 8 heteroatoms. The van der Waals surface area contributed by atoms with Gasteiger partial charge < -0.3 is 19.9 Å². The molecule has 0 aromatic heterocycles. The highest BCUT2D eigenvalue weighted by Crippen LogP contribution is 2.55. The molecule has 3 aliphatic heterocycles. The van der Waals surface area contributed by atoms with Crippen molar-refractivity contribution in [2.24, 2.45) is 28.6 Å². The molecule has 5 rings (SSSR count). The molecule has 0 aromatic rings. The lowest BCUT2D eigenvalue weighted by Crippen LogP contribution is -2.65. The normalized spacial score (nSPS) is 30.5. The Morgan fingerprint density at radius 3 is 2.27 bits per heavy atom. The number of thioether (sulfide) groups is 1. The zero-order chi connectivity index (χ0) is 26.2. The first-order valence-electron chi connectivity index (χ1n) is 14.8. The van der Waals surface area contributed by atoms with Gasteiger partial charge in [-0.3, -0.25) is 14.4 Å². The largest absolute Gasteiger partial charge is 0.376 e. The van der Waals surface area contributed by atoms with Gasteiger partial charge in [-0.15, -0.1) is 0 Å². The van der Waals surface area contributed by atoms with E-state index in [0.29, 0.717) is 25.6 Å². The smallest absolute Gasteiger partial charge is 0.247 e. The standard InChI is InChI=1S/C29H47N3O4S/c1-20(36-15-21-10-6-4-7-11-21)24(27(35)31-12-8-5-9-13-31)30-25(33)23-16-37-19-29(23)17-32(18-29)26(34)22-14-28(22,2)3/h20-24H,4-19H2,1-3H3,(H,30,33)/t20-,22-,23?,24+/m1/s1. The number of nitrogens with zero attached hydrogens (tertiary/aromatic N) is 2. The Labute approximate surface area is 227 Å². The summed E-state index contributed by atoms with van der Waals surface area (Å²) < 4.78 is 6.29. The van der Waals surface area contributed by atoms with Crippen molar-refractivity contribution in [2.75, 3.05) is 44.3 Å². The fourth-order valence-electron chi connectivity index (χ4n) is 6.98. The molecule has 1 N–H and O–H groups in total. The number of hydrogen-bond acceptors (Lipinski definition) is 5. The highest BCUT2D eigenvalue weighted by Gasteiger charge is 2.60. The third kappa shape index (κ3) is 5.85. The van der Waals surface area contributed by atoms with Crippen LogP contribution in [0.4, 0.5) is 0 Å². The number of piperidine rings is 1. The van der Waals surface area contributed by atoms with Gasteiger partial charge in [-0.1, -0.05) is 33.1 Å². The van der Waals surface area contributed by atoms with Crippen molar-refractivity contribution < 1.29 is 19.1 Å². The van der Waals surface area contributed by atoms with Crippen LogP contribution in [0.2, 0.25) is 0 Å². The van der Waals surface area contributed by atoms with Crippen molar-refractivity contribution in [3.05, 3.63) is 0 Å². The average molecular weight is 534 g/mol. The summed E-state index contributed by atoms with van der Waals surface area (Å²) in [5.74, 6) is 2.41. The molecule has 5 aliphatic rings. The summed E-state index contributed by atoms with van der Waals surface area (Å²) in [4.78, 5) is 44.2. The van der Waals surface area contributed by atoms with Gasteiger partial charge in [0.1, 0.15) is 6.04 Å². The minimum absolute atomic E-state index is 0.00488. The molecule has 2 aliphatic carbocycles. The minimum atomic E-state index is -0.651. The summed E-state index contributed by atoms with van der Waals surface area (Å²) in [5, 5.41) is 3.19. The van der Waals surface area contributed by atoms with Crippen molar-refractivity contribution in [3.63, 3.8) is 0 Å². The fraction of sp³-hybridized carbons (Fsp3) is 0.897. The highest BCUT2D eigenvalue weighted by atomic mass is 32.2. The SMILES string of the molecule is C[C@@H](OCC1CCCCC1)[C@H](NC(=O)C1CSCC12CN(C(=O)[C@H]1CC1(C)C)C2)C(=O)N1CCCCC1. The van der Waals surface area contributed by atoms with Crippen LogP contribution in [-0.4, -0.2) is 84.0 Å². The summed E-state index contributed by atoms with van der Waals surface area (Å²) in [6.45, 7) is 9.79. The van der Waals surface area contributed by atoms with Crippen molar-refractivity contribution in [2.45, 2.75) is 90.7 Å². The van der Waals surface area contributed by atoms with Gasteiger partial charge in [0.25, 0.3) is 0 Å². The topological polar surface area (TPSA) is 79.0 Å². The number of nitrogens with one attached hydrogen (secondary N) is 1. The number of carbonyl (C=O) groups is 3. The molecular weight excluding hydrogens is 486 g/mol. The van der Waals surface area contributed by atoms with E-state index in [2.05, 4.69) is 19.2 Å². The summed E-state index contributed by atoms with van der Waals surface area (Å²) in [6, 6.07) is -0.651. The molecule has 3 heterocycles. The molecule has 7 nitrogen and oxygen atoms in total. The van der Waals surface area contributed by atoms with E-state index in [0.717, 1.165) is 50.3 Å². The maximum Gasteiger partial charge on any atom is 0.247 e. The van der Waals surface area contributed by atoms with E-state index in [1.165, 1.54) is 32.1 Å². The van der Waals surface area contributed by atoms with E-state index in [1.807, 2.05) is 16.7 Å². The summed E-state index contributed by atoms with van der Waals surface area (Å²) >= 11 is 1.81. The summed E-state index contributed by atoms with van der Waals surface area (Å²) in [6.07, 6.45) is 10.0. The lowest BCUT2D eigenvalue weighted by Gasteiger charge is -2.51. The van der Waals surface area contributed by atoms with Crippen LogP contribution >= 0.6 is 11.8 Å². The van der Waals surface area contributed by atoms with Crippen molar-refractivity contribution in [1.29, 1.82) is 0 Å². The number of ether oxygens (including phenoxy) is 1. The number of likely N-dealkylation sites (tertiary alicyclic amines) is 2. The second-order valence-corrected chi connectivity index (χ2v) is 14.3. The molecule has 0 bridgehead atoms. The Morgan fingerprint density at radius 2 is 1.62 bits per heavy atom. The second-order valence-electron chi connectivity index (χ2n) is 13.3. The molecule has 208 valence electrons. The summed E-state index contributed by atoms with van der Waals surface area (Å²) in [7, 11) is 0. The van der Waals surface area contributed by atoms with Crippen molar-refractivity contribution >= 4 is 29.5 Å². The van der Waals surface area contributed by atoms with Gasteiger partial charge >= 0.3 is 0 Å². The van der Waals surface area contributed by atoms with E-state index in [-0.39, 0.29) is 46.5 Å². The lowest BCUT2D eigenvalue weighted by molar-refractivity contribution is -0.152. The Bertz CT molecular complexity index is 861. The van der Waals surface area contributed by atoms with E-state index < -0.39 is 6.04 Å². The molecule has 3 saturated heterocycles. The average Bonchev–Trinajstić information content (AvgIpc) is 3.31. The van der Waals surface area contributed by atoms with Gasteiger partial charge in [0.05, 0.1) is 12.0 Å². The molecule has 0 aromatic carbocycles. The van der Waals surface area contributed by atoms with Crippen molar-refractivity contribution in [3.8, 4) is 0 Å². The molecule has 37 heavy (non-hydrogen) atoms. The van der Waals surface area contributed by atoms with Crippen LogP contribution in [-0.2, 0) is 19.1 Å². The van der Waals surface area contributed by atoms with Gasteiger partial charge in [0.2, 0.25) is 17.7 Å². The van der Waals surface area contributed by atoms with Crippen LogP contribution in [0.15, 0.2) is 0 Å². The number of rotatable bonds is 8.